The molecule has 0 bridgehead atoms. The third kappa shape index (κ3) is 4.34. The Bertz CT molecular complexity index is 1010. The second-order valence-electron chi connectivity index (χ2n) is 6.31. The quantitative estimate of drug-likeness (QED) is 0.435. The SMILES string of the molecule is CC(=O)N(c1nc(COc2ccc([N+](=O)[O-])cc2)cs1)c1ccc(C)cc1C. The van der Waals surface area contributed by atoms with Gasteiger partial charge < -0.3 is 4.74 Å². The van der Waals surface area contributed by atoms with Crippen LogP contribution in [-0.2, 0) is 11.4 Å². The zero-order chi connectivity index (χ0) is 20.3. The van der Waals surface area contributed by atoms with E-state index in [0.717, 1.165) is 16.8 Å². The fourth-order valence-corrected chi connectivity index (χ4v) is 3.61. The molecule has 0 fully saturated rings. The Morgan fingerprint density at radius 2 is 1.93 bits per heavy atom. The van der Waals surface area contributed by atoms with Gasteiger partial charge in [-0.2, -0.15) is 0 Å². The van der Waals surface area contributed by atoms with Crippen molar-refractivity contribution < 1.29 is 14.5 Å². The number of benzene rings is 2. The molecule has 0 atom stereocenters. The Kier molecular flexibility index (Phi) is 5.70. The van der Waals surface area contributed by atoms with Gasteiger partial charge in [-0.05, 0) is 37.6 Å². The largest absolute Gasteiger partial charge is 0.487 e. The Balaban J connectivity index is 1.75. The number of carbonyl (C=O) groups is 1. The van der Waals surface area contributed by atoms with Crippen molar-refractivity contribution in [2.75, 3.05) is 4.90 Å². The molecule has 144 valence electrons. The number of aromatic nitrogens is 1. The highest BCUT2D eigenvalue weighted by Gasteiger charge is 2.20. The summed E-state index contributed by atoms with van der Waals surface area (Å²) in [5.74, 6) is 0.391. The summed E-state index contributed by atoms with van der Waals surface area (Å²) in [7, 11) is 0. The van der Waals surface area contributed by atoms with Crippen LogP contribution < -0.4 is 9.64 Å². The van der Waals surface area contributed by atoms with Crippen LogP contribution in [0, 0.1) is 24.0 Å². The molecule has 0 saturated carbocycles. The summed E-state index contributed by atoms with van der Waals surface area (Å²) < 4.78 is 5.64. The average Bonchev–Trinajstić information content (AvgIpc) is 3.10. The fourth-order valence-electron chi connectivity index (χ4n) is 2.75. The van der Waals surface area contributed by atoms with Gasteiger partial charge in [-0.25, -0.2) is 4.98 Å². The van der Waals surface area contributed by atoms with Crippen molar-refractivity contribution in [3.05, 3.63) is 74.8 Å². The molecule has 8 heteroatoms. The summed E-state index contributed by atoms with van der Waals surface area (Å²) in [6, 6.07) is 11.8. The molecule has 0 aliphatic rings. The Morgan fingerprint density at radius 1 is 1.21 bits per heavy atom. The molecular weight excluding hydrogens is 378 g/mol. The molecule has 0 aliphatic carbocycles. The minimum Gasteiger partial charge on any atom is -0.487 e. The number of hydrogen-bond donors (Lipinski definition) is 0. The maximum atomic E-state index is 12.3. The highest BCUT2D eigenvalue weighted by atomic mass is 32.1. The predicted molar refractivity (Wildman–Crippen MR) is 108 cm³/mol. The monoisotopic (exact) mass is 397 g/mol. The van der Waals surface area contributed by atoms with E-state index in [9.17, 15) is 14.9 Å². The molecule has 1 heterocycles. The molecule has 7 nitrogen and oxygen atoms in total. The van der Waals surface area contributed by atoms with Gasteiger partial charge in [0.2, 0.25) is 5.91 Å². The van der Waals surface area contributed by atoms with Gasteiger partial charge in [-0.3, -0.25) is 19.8 Å². The lowest BCUT2D eigenvalue weighted by Crippen LogP contribution is -2.23. The second-order valence-corrected chi connectivity index (χ2v) is 7.14. The molecule has 1 aromatic heterocycles. The molecule has 0 N–H and O–H groups in total. The van der Waals surface area contributed by atoms with Crippen LogP contribution in [0.25, 0.3) is 0 Å². The maximum Gasteiger partial charge on any atom is 0.269 e. The molecule has 28 heavy (non-hydrogen) atoms. The summed E-state index contributed by atoms with van der Waals surface area (Å²) in [4.78, 5) is 28.6. The number of ether oxygens (including phenoxy) is 1. The number of amides is 1. The highest BCUT2D eigenvalue weighted by Crippen LogP contribution is 2.32. The summed E-state index contributed by atoms with van der Waals surface area (Å²) in [5, 5.41) is 13.1. The van der Waals surface area contributed by atoms with Gasteiger partial charge in [0.25, 0.3) is 5.69 Å². The van der Waals surface area contributed by atoms with E-state index in [0.29, 0.717) is 16.6 Å². The Hall–Kier alpha value is -3.26. The molecule has 0 saturated heterocycles. The smallest absolute Gasteiger partial charge is 0.269 e. The molecule has 0 aliphatic heterocycles. The van der Waals surface area contributed by atoms with Crippen molar-refractivity contribution in [3.63, 3.8) is 0 Å². The molecular formula is C20H19N3O4S. The van der Waals surface area contributed by atoms with Crippen LogP contribution in [0.2, 0.25) is 0 Å². The van der Waals surface area contributed by atoms with E-state index in [1.54, 1.807) is 17.0 Å². The van der Waals surface area contributed by atoms with E-state index in [4.69, 9.17) is 4.74 Å². The lowest BCUT2D eigenvalue weighted by Gasteiger charge is -2.20. The average molecular weight is 397 g/mol. The number of nitrogens with zero attached hydrogens (tertiary/aromatic N) is 3. The third-order valence-corrected chi connectivity index (χ3v) is 4.95. The number of hydrogen-bond acceptors (Lipinski definition) is 6. The van der Waals surface area contributed by atoms with E-state index in [2.05, 4.69) is 4.98 Å². The first-order valence-corrected chi connectivity index (χ1v) is 9.42. The molecule has 1 amide bonds. The van der Waals surface area contributed by atoms with Crippen LogP contribution in [-0.4, -0.2) is 15.8 Å². The number of aryl methyl sites for hydroxylation is 2. The minimum absolute atomic E-state index is 0.00821. The van der Waals surface area contributed by atoms with Gasteiger partial charge in [0.15, 0.2) is 5.13 Å². The van der Waals surface area contributed by atoms with Gasteiger partial charge >= 0.3 is 0 Å². The van der Waals surface area contributed by atoms with Crippen LogP contribution >= 0.6 is 11.3 Å². The molecule has 3 rings (SSSR count). The number of anilines is 2. The summed E-state index contributed by atoms with van der Waals surface area (Å²) in [6.45, 7) is 5.68. The number of nitro groups is 1. The van der Waals surface area contributed by atoms with E-state index < -0.39 is 4.92 Å². The Labute approximate surface area is 166 Å². The number of non-ortho nitro benzene ring substituents is 1. The second kappa shape index (κ2) is 8.18. The number of thiazole rings is 1. The van der Waals surface area contributed by atoms with Crippen molar-refractivity contribution in [2.24, 2.45) is 0 Å². The molecule has 0 unspecified atom stereocenters. The molecule has 3 aromatic rings. The summed E-state index contributed by atoms with van der Waals surface area (Å²) in [6.07, 6.45) is 0. The highest BCUT2D eigenvalue weighted by molar-refractivity contribution is 7.14. The zero-order valence-corrected chi connectivity index (χ0v) is 16.5. The Morgan fingerprint density at radius 3 is 2.54 bits per heavy atom. The molecule has 0 spiro atoms. The van der Waals surface area contributed by atoms with Gasteiger partial charge in [0.1, 0.15) is 12.4 Å². The lowest BCUT2D eigenvalue weighted by molar-refractivity contribution is -0.384. The van der Waals surface area contributed by atoms with Crippen molar-refractivity contribution >= 4 is 33.8 Å². The standard InChI is InChI=1S/C20H19N3O4S/c1-13-4-9-19(14(2)10-13)22(15(3)24)20-21-16(12-28-20)11-27-18-7-5-17(6-8-18)23(25)26/h4-10,12H,11H2,1-3H3. The van der Waals surface area contributed by atoms with Gasteiger partial charge in [0, 0.05) is 24.4 Å². The first kappa shape index (κ1) is 19.5. The molecule has 0 radical (unpaired) electrons. The van der Waals surface area contributed by atoms with Crippen LogP contribution in [0.4, 0.5) is 16.5 Å². The van der Waals surface area contributed by atoms with Crippen molar-refractivity contribution in [1.29, 1.82) is 0 Å². The number of nitro benzene ring substituents is 1. The zero-order valence-electron chi connectivity index (χ0n) is 15.7. The van der Waals surface area contributed by atoms with Crippen molar-refractivity contribution in [1.82, 2.24) is 4.98 Å². The number of rotatable bonds is 6. The van der Waals surface area contributed by atoms with E-state index in [-0.39, 0.29) is 18.2 Å². The fraction of sp³-hybridized carbons (Fsp3) is 0.200. The van der Waals surface area contributed by atoms with Crippen LogP contribution in [0.15, 0.2) is 47.8 Å². The van der Waals surface area contributed by atoms with Crippen molar-refractivity contribution in [2.45, 2.75) is 27.4 Å². The first-order valence-electron chi connectivity index (χ1n) is 8.55. The third-order valence-electron chi connectivity index (χ3n) is 4.07. The summed E-state index contributed by atoms with van der Waals surface area (Å²) >= 11 is 1.36. The van der Waals surface area contributed by atoms with Gasteiger partial charge in [-0.1, -0.05) is 17.7 Å². The van der Waals surface area contributed by atoms with Crippen molar-refractivity contribution in [3.8, 4) is 5.75 Å². The van der Waals surface area contributed by atoms with Crippen LogP contribution in [0.3, 0.4) is 0 Å². The molecule has 2 aromatic carbocycles. The van der Waals surface area contributed by atoms with Gasteiger partial charge in [0.05, 0.1) is 16.3 Å². The van der Waals surface area contributed by atoms with E-state index >= 15 is 0 Å². The normalized spacial score (nSPS) is 10.5. The van der Waals surface area contributed by atoms with Crippen LogP contribution in [0.1, 0.15) is 23.7 Å². The lowest BCUT2D eigenvalue weighted by atomic mass is 10.1. The van der Waals surface area contributed by atoms with Crippen LogP contribution in [0.5, 0.6) is 5.75 Å². The maximum absolute atomic E-state index is 12.3. The number of carbonyl (C=O) groups excluding carboxylic acids is 1. The minimum atomic E-state index is -0.458. The first-order chi connectivity index (χ1) is 13.3. The van der Waals surface area contributed by atoms with E-state index in [1.165, 1.54) is 30.4 Å². The predicted octanol–water partition coefficient (Wildman–Crippen LogP) is 4.93. The topological polar surface area (TPSA) is 85.6 Å². The summed E-state index contributed by atoms with van der Waals surface area (Å²) in [5.41, 5.74) is 3.61. The van der Waals surface area contributed by atoms with E-state index in [1.807, 2.05) is 37.4 Å². The van der Waals surface area contributed by atoms with Gasteiger partial charge in [-0.15, -0.1) is 11.3 Å².